The molecule has 2 amide bonds. The second-order valence-electron chi connectivity index (χ2n) is 9.08. The number of nitrogens with one attached hydrogen (secondary N) is 1. The molecule has 1 N–H and O–H groups in total. The Hall–Kier alpha value is -2.35. The number of sulfone groups is 1. The summed E-state index contributed by atoms with van der Waals surface area (Å²) in [4.78, 5) is 29.3. The lowest BCUT2D eigenvalue weighted by Gasteiger charge is -2.33. The Bertz CT molecular complexity index is 1080. The van der Waals surface area contributed by atoms with E-state index in [4.69, 9.17) is 16.3 Å². The number of carbonyl (C=O) groups is 2. The summed E-state index contributed by atoms with van der Waals surface area (Å²) < 4.78 is 32.2. The van der Waals surface area contributed by atoms with Crippen LogP contribution < -0.4 is 5.32 Å². The van der Waals surface area contributed by atoms with E-state index in [1.54, 1.807) is 12.1 Å². The number of hydrogen-bond acceptors (Lipinski definition) is 7. The Morgan fingerprint density at radius 1 is 1.24 bits per heavy atom. The maximum absolute atomic E-state index is 13.4. The number of likely N-dealkylation sites (tertiary alicyclic amines) is 2. The molecular formula is C22H27ClN4O5S. The number of alkyl carbamates (subject to hydrolysis) is 1. The molecule has 3 fully saturated rings. The second-order valence-corrected chi connectivity index (χ2v) is 11.7. The van der Waals surface area contributed by atoms with Crippen molar-refractivity contribution in [2.45, 2.75) is 54.0 Å². The van der Waals surface area contributed by atoms with Crippen molar-refractivity contribution in [2.75, 3.05) is 26.7 Å². The average molecular weight is 495 g/mol. The highest BCUT2D eigenvalue weighted by Gasteiger charge is 2.48. The molecule has 0 bridgehead atoms. The first-order valence-corrected chi connectivity index (χ1v) is 13.0. The molecule has 4 rings (SSSR count). The van der Waals surface area contributed by atoms with Gasteiger partial charge in [0.2, 0.25) is 5.91 Å². The predicted octanol–water partition coefficient (Wildman–Crippen LogP) is 2.16. The van der Waals surface area contributed by atoms with Crippen molar-refractivity contribution in [1.29, 1.82) is 5.26 Å². The van der Waals surface area contributed by atoms with E-state index in [0.29, 0.717) is 25.7 Å². The molecule has 3 aliphatic rings. The third-order valence-electron chi connectivity index (χ3n) is 6.69. The molecule has 1 aromatic carbocycles. The van der Waals surface area contributed by atoms with Crippen LogP contribution in [-0.4, -0.2) is 73.9 Å². The summed E-state index contributed by atoms with van der Waals surface area (Å²) in [6.07, 6.45) is 0.466. The van der Waals surface area contributed by atoms with E-state index < -0.39 is 32.9 Å². The highest BCUT2D eigenvalue weighted by atomic mass is 35.5. The van der Waals surface area contributed by atoms with Gasteiger partial charge in [-0.25, -0.2) is 13.2 Å². The van der Waals surface area contributed by atoms with Gasteiger partial charge in [0, 0.05) is 18.9 Å². The van der Waals surface area contributed by atoms with Crippen molar-refractivity contribution in [2.24, 2.45) is 5.92 Å². The summed E-state index contributed by atoms with van der Waals surface area (Å²) in [6, 6.07) is 8.23. The zero-order chi connectivity index (χ0) is 23.8. The molecule has 1 saturated carbocycles. The zero-order valence-corrected chi connectivity index (χ0v) is 19.9. The molecule has 2 saturated heterocycles. The predicted molar refractivity (Wildman–Crippen MR) is 120 cm³/mol. The van der Waals surface area contributed by atoms with Crippen LogP contribution >= 0.6 is 11.6 Å². The van der Waals surface area contributed by atoms with Gasteiger partial charge in [0.25, 0.3) is 0 Å². The molecule has 11 heteroatoms. The summed E-state index contributed by atoms with van der Waals surface area (Å²) in [7, 11) is -1.88. The Morgan fingerprint density at radius 2 is 1.91 bits per heavy atom. The second kappa shape index (κ2) is 9.12. The molecule has 2 heterocycles. The molecule has 9 nitrogen and oxygen atoms in total. The van der Waals surface area contributed by atoms with E-state index in [0.717, 1.165) is 13.1 Å². The molecule has 33 heavy (non-hydrogen) atoms. The fourth-order valence-corrected chi connectivity index (χ4v) is 6.62. The lowest BCUT2D eigenvalue weighted by atomic mass is 9.96. The Balaban J connectivity index is 1.55. The standard InChI is InChI=1S/C22H27ClN4O5S/c1-26-10-6-15(7-11-26)20(28)27-13-16(33(30,31)18-5-3-2-4-17(18)23)12-19(27)32-21(29)25-22(14-24)8-9-22/h2-5,15-16,19H,6-13H2,1H3,(H,25,29)/t16-,19+/m1/s1. The van der Waals surface area contributed by atoms with Gasteiger partial charge in [-0.05, 0) is 58.0 Å². The molecule has 178 valence electrons. The Kier molecular flexibility index (Phi) is 6.58. The minimum atomic E-state index is -3.87. The number of amides is 2. The van der Waals surface area contributed by atoms with Crippen LogP contribution in [0, 0.1) is 17.2 Å². The third-order valence-corrected chi connectivity index (χ3v) is 9.32. The monoisotopic (exact) mass is 494 g/mol. The van der Waals surface area contributed by atoms with E-state index in [9.17, 15) is 23.3 Å². The molecule has 1 aliphatic carbocycles. The van der Waals surface area contributed by atoms with Crippen LogP contribution in [0.4, 0.5) is 4.79 Å². The van der Waals surface area contributed by atoms with Gasteiger partial charge in [-0.3, -0.25) is 4.79 Å². The first kappa shape index (κ1) is 23.8. The van der Waals surface area contributed by atoms with Crippen LogP contribution in [0.25, 0.3) is 0 Å². The number of halogens is 1. The lowest BCUT2D eigenvalue weighted by Crippen LogP contribution is -2.47. The molecule has 0 radical (unpaired) electrons. The Morgan fingerprint density at radius 3 is 2.52 bits per heavy atom. The molecule has 0 unspecified atom stereocenters. The van der Waals surface area contributed by atoms with Crippen molar-refractivity contribution in [3.63, 3.8) is 0 Å². The molecule has 0 aromatic heterocycles. The van der Waals surface area contributed by atoms with E-state index in [1.807, 2.05) is 7.05 Å². The minimum absolute atomic E-state index is 0.00475. The van der Waals surface area contributed by atoms with Crippen LogP contribution in [0.5, 0.6) is 0 Å². The molecule has 1 aromatic rings. The van der Waals surface area contributed by atoms with Crippen molar-refractivity contribution in [3.05, 3.63) is 29.3 Å². The van der Waals surface area contributed by atoms with E-state index in [1.165, 1.54) is 17.0 Å². The van der Waals surface area contributed by atoms with Gasteiger partial charge >= 0.3 is 6.09 Å². The normalized spacial score (nSPS) is 25.3. The van der Waals surface area contributed by atoms with Crippen molar-refractivity contribution in [3.8, 4) is 6.07 Å². The van der Waals surface area contributed by atoms with Gasteiger partial charge in [-0.2, -0.15) is 5.26 Å². The third kappa shape index (κ3) is 4.95. The highest BCUT2D eigenvalue weighted by molar-refractivity contribution is 7.92. The number of nitriles is 1. The Labute approximate surface area is 198 Å². The van der Waals surface area contributed by atoms with Gasteiger partial charge in [0.05, 0.1) is 21.2 Å². The number of benzene rings is 1. The van der Waals surface area contributed by atoms with Crippen LogP contribution in [-0.2, 0) is 19.4 Å². The maximum Gasteiger partial charge on any atom is 0.410 e. The number of nitrogens with zero attached hydrogens (tertiary/aromatic N) is 3. The van der Waals surface area contributed by atoms with E-state index >= 15 is 0 Å². The number of hydrogen-bond donors (Lipinski definition) is 1. The largest absolute Gasteiger partial charge is 0.425 e. The quantitative estimate of drug-likeness (QED) is 0.665. The number of carbonyl (C=O) groups excluding carboxylic acids is 2. The summed E-state index contributed by atoms with van der Waals surface area (Å²) >= 11 is 6.15. The van der Waals surface area contributed by atoms with Crippen molar-refractivity contribution in [1.82, 2.24) is 15.1 Å². The smallest absolute Gasteiger partial charge is 0.410 e. The molecule has 0 spiro atoms. The summed E-state index contributed by atoms with van der Waals surface area (Å²) in [5.74, 6) is -0.467. The summed E-state index contributed by atoms with van der Waals surface area (Å²) in [5, 5.41) is 10.9. The van der Waals surface area contributed by atoms with Gasteiger partial charge in [0.1, 0.15) is 5.54 Å². The van der Waals surface area contributed by atoms with Gasteiger partial charge in [0.15, 0.2) is 16.1 Å². The lowest BCUT2D eigenvalue weighted by molar-refractivity contribution is -0.143. The van der Waals surface area contributed by atoms with Crippen LogP contribution in [0.1, 0.15) is 32.1 Å². The van der Waals surface area contributed by atoms with Crippen molar-refractivity contribution >= 4 is 33.4 Å². The van der Waals surface area contributed by atoms with Crippen LogP contribution in [0.3, 0.4) is 0 Å². The van der Waals surface area contributed by atoms with Crippen LogP contribution in [0.2, 0.25) is 5.02 Å². The van der Waals surface area contributed by atoms with E-state index in [2.05, 4.69) is 16.3 Å². The SMILES string of the molecule is CN1CCC(C(=O)N2C[C@H](S(=O)(=O)c3ccccc3Cl)C[C@@H]2OC(=O)NC2(C#N)CC2)CC1. The number of rotatable bonds is 5. The van der Waals surface area contributed by atoms with Gasteiger partial charge in [-0.15, -0.1) is 0 Å². The number of piperidine rings is 1. The average Bonchev–Trinajstić information content (AvgIpc) is 3.42. The first-order valence-electron chi connectivity index (χ1n) is 11.0. The molecule has 2 atom stereocenters. The summed E-state index contributed by atoms with van der Waals surface area (Å²) in [6.45, 7) is 1.45. The zero-order valence-electron chi connectivity index (χ0n) is 18.4. The van der Waals surface area contributed by atoms with Gasteiger partial charge < -0.3 is 19.9 Å². The molecule has 2 aliphatic heterocycles. The molecular weight excluding hydrogens is 468 g/mol. The maximum atomic E-state index is 13.4. The highest BCUT2D eigenvalue weighted by Crippen LogP contribution is 2.36. The first-order chi connectivity index (χ1) is 15.6. The fourth-order valence-electron chi connectivity index (χ4n) is 4.42. The number of ether oxygens (including phenoxy) is 1. The van der Waals surface area contributed by atoms with E-state index in [-0.39, 0.29) is 34.7 Å². The minimum Gasteiger partial charge on any atom is -0.425 e. The topological polar surface area (TPSA) is 120 Å². The van der Waals surface area contributed by atoms with Crippen molar-refractivity contribution < 1.29 is 22.7 Å². The summed E-state index contributed by atoms with van der Waals surface area (Å²) in [5.41, 5.74) is -0.929. The van der Waals surface area contributed by atoms with Gasteiger partial charge in [-0.1, -0.05) is 23.7 Å². The fraction of sp³-hybridized carbons (Fsp3) is 0.591. The van der Waals surface area contributed by atoms with Crippen LogP contribution in [0.15, 0.2) is 29.2 Å².